The predicted molar refractivity (Wildman–Crippen MR) is 133 cm³/mol. The van der Waals surface area contributed by atoms with E-state index < -0.39 is 10.0 Å². The van der Waals surface area contributed by atoms with Gasteiger partial charge < -0.3 is 5.32 Å². The molecule has 0 aromatic heterocycles. The van der Waals surface area contributed by atoms with Crippen molar-refractivity contribution < 1.29 is 13.2 Å². The maximum Gasteiger partial charge on any atom is 0.232 e. The maximum atomic E-state index is 12.3. The molecular formula is C22H28Cl2N2O3S2. The van der Waals surface area contributed by atoms with Crippen molar-refractivity contribution in [3.63, 3.8) is 0 Å². The number of hydrogen-bond donors (Lipinski definition) is 1. The van der Waals surface area contributed by atoms with Crippen molar-refractivity contribution in [2.75, 3.05) is 29.4 Å². The fourth-order valence-electron chi connectivity index (χ4n) is 3.01. The molecule has 9 heteroatoms. The smallest absolute Gasteiger partial charge is 0.232 e. The largest absolute Gasteiger partial charge is 0.355 e. The number of carbonyl (C=O) groups excluding carboxylic acids is 1. The van der Waals surface area contributed by atoms with E-state index in [9.17, 15) is 13.2 Å². The van der Waals surface area contributed by atoms with E-state index in [4.69, 9.17) is 23.2 Å². The zero-order valence-electron chi connectivity index (χ0n) is 18.0. The van der Waals surface area contributed by atoms with Gasteiger partial charge in [0, 0.05) is 31.0 Å². The molecule has 170 valence electrons. The summed E-state index contributed by atoms with van der Waals surface area (Å²) < 4.78 is 25.9. The lowest BCUT2D eigenvalue weighted by atomic mass is 10.1. The van der Waals surface area contributed by atoms with Gasteiger partial charge in [0.25, 0.3) is 0 Å². The van der Waals surface area contributed by atoms with Crippen molar-refractivity contribution in [2.24, 2.45) is 0 Å². The second kappa shape index (κ2) is 12.0. The van der Waals surface area contributed by atoms with Crippen molar-refractivity contribution in [3.05, 3.63) is 63.1 Å². The van der Waals surface area contributed by atoms with Crippen LogP contribution in [0.4, 0.5) is 5.69 Å². The molecule has 2 aromatic rings. The normalized spacial score (nSPS) is 11.4. The van der Waals surface area contributed by atoms with Gasteiger partial charge in [-0.2, -0.15) is 11.8 Å². The summed E-state index contributed by atoms with van der Waals surface area (Å²) in [5, 5.41) is 3.96. The summed E-state index contributed by atoms with van der Waals surface area (Å²) in [6.45, 7) is 4.63. The van der Waals surface area contributed by atoms with Gasteiger partial charge in [0.15, 0.2) is 0 Å². The average Bonchev–Trinajstić information content (AvgIpc) is 2.69. The van der Waals surface area contributed by atoms with Crippen LogP contribution >= 0.6 is 35.0 Å². The standard InChI is InChI=1S/C22H28Cl2N2O3S2/c1-16-6-7-17(2)21(13-16)26(31(3,28)29)11-4-5-22(27)25-10-12-30-15-18-8-9-19(23)20(24)14-18/h6-9,13-14H,4-5,10-12,15H2,1-3H3,(H,25,27). The summed E-state index contributed by atoms with van der Waals surface area (Å²) in [6, 6.07) is 11.3. The van der Waals surface area contributed by atoms with E-state index in [1.54, 1.807) is 17.8 Å². The van der Waals surface area contributed by atoms with Crippen LogP contribution in [-0.4, -0.2) is 39.4 Å². The molecule has 0 fully saturated rings. The number of benzene rings is 2. The topological polar surface area (TPSA) is 66.5 Å². The first-order valence-electron chi connectivity index (χ1n) is 9.91. The van der Waals surface area contributed by atoms with Crippen LogP contribution in [0.5, 0.6) is 0 Å². The van der Waals surface area contributed by atoms with E-state index >= 15 is 0 Å². The molecule has 0 spiro atoms. The average molecular weight is 504 g/mol. The Hall–Kier alpha value is -1.41. The van der Waals surface area contributed by atoms with E-state index in [0.29, 0.717) is 28.7 Å². The van der Waals surface area contributed by atoms with Crippen molar-refractivity contribution in [3.8, 4) is 0 Å². The molecule has 31 heavy (non-hydrogen) atoms. The van der Waals surface area contributed by atoms with Crippen LogP contribution in [0.1, 0.15) is 29.5 Å². The Kier molecular flexibility index (Phi) is 10.0. The van der Waals surface area contributed by atoms with E-state index in [2.05, 4.69) is 5.32 Å². The number of rotatable bonds is 11. The van der Waals surface area contributed by atoms with Crippen LogP contribution in [0.25, 0.3) is 0 Å². The Balaban J connectivity index is 1.74. The minimum Gasteiger partial charge on any atom is -0.355 e. The molecule has 0 bridgehead atoms. The number of thioether (sulfide) groups is 1. The monoisotopic (exact) mass is 502 g/mol. The number of halogens is 2. The SMILES string of the molecule is Cc1ccc(C)c(N(CCCC(=O)NCCSCc2ccc(Cl)c(Cl)c2)S(C)(=O)=O)c1. The van der Waals surface area contributed by atoms with Crippen LogP contribution in [0.2, 0.25) is 10.0 Å². The molecule has 0 radical (unpaired) electrons. The highest BCUT2D eigenvalue weighted by molar-refractivity contribution is 7.98. The Morgan fingerprint density at radius 3 is 2.52 bits per heavy atom. The highest BCUT2D eigenvalue weighted by Crippen LogP contribution is 2.25. The van der Waals surface area contributed by atoms with Crippen LogP contribution in [-0.2, 0) is 20.6 Å². The Labute approximate surface area is 199 Å². The molecule has 2 aromatic carbocycles. The first-order valence-corrected chi connectivity index (χ1v) is 13.7. The number of aryl methyl sites for hydroxylation is 2. The van der Waals surface area contributed by atoms with Gasteiger partial charge in [0.1, 0.15) is 0 Å². The molecular weight excluding hydrogens is 475 g/mol. The van der Waals surface area contributed by atoms with Gasteiger partial charge in [0.05, 0.1) is 22.0 Å². The third-order valence-corrected chi connectivity index (χ3v) is 7.57. The molecule has 0 heterocycles. The lowest BCUT2D eigenvalue weighted by Gasteiger charge is -2.24. The summed E-state index contributed by atoms with van der Waals surface area (Å²) in [7, 11) is -3.43. The number of anilines is 1. The summed E-state index contributed by atoms with van der Waals surface area (Å²) in [4.78, 5) is 12.1. The molecule has 5 nitrogen and oxygen atoms in total. The van der Waals surface area contributed by atoms with Crippen molar-refractivity contribution in [1.29, 1.82) is 0 Å². The number of sulfonamides is 1. The van der Waals surface area contributed by atoms with Crippen LogP contribution in [0.3, 0.4) is 0 Å². The predicted octanol–water partition coefficient (Wildman–Crippen LogP) is 5.21. The third kappa shape index (κ3) is 8.56. The molecule has 0 atom stereocenters. The van der Waals surface area contributed by atoms with Gasteiger partial charge in [-0.25, -0.2) is 8.42 Å². The second-order valence-electron chi connectivity index (χ2n) is 7.38. The van der Waals surface area contributed by atoms with Gasteiger partial charge in [-0.3, -0.25) is 9.10 Å². The maximum absolute atomic E-state index is 12.3. The van der Waals surface area contributed by atoms with Crippen molar-refractivity contribution in [1.82, 2.24) is 5.32 Å². The first kappa shape index (κ1) is 25.8. The second-order valence-corrected chi connectivity index (χ2v) is 11.2. The third-order valence-electron chi connectivity index (χ3n) is 4.62. The number of nitrogens with one attached hydrogen (secondary N) is 1. The fraction of sp³-hybridized carbons (Fsp3) is 0.409. The van der Waals surface area contributed by atoms with E-state index in [1.165, 1.54) is 10.6 Å². The molecule has 1 N–H and O–H groups in total. The quantitative estimate of drug-likeness (QED) is 0.428. The summed E-state index contributed by atoms with van der Waals surface area (Å²) >= 11 is 13.6. The number of hydrogen-bond acceptors (Lipinski definition) is 4. The summed E-state index contributed by atoms with van der Waals surface area (Å²) in [6.07, 6.45) is 1.91. The summed E-state index contributed by atoms with van der Waals surface area (Å²) in [5.74, 6) is 1.47. The van der Waals surface area contributed by atoms with Crippen molar-refractivity contribution >= 4 is 56.6 Å². The lowest BCUT2D eigenvalue weighted by molar-refractivity contribution is -0.121. The number of nitrogens with zero attached hydrogens (tertiary/aromatic N) is 1. The zero-order valence-corrected chi connectivity index (χ0v) is 21.1. The Morgan fingerprint density at radius 1 is 1.10 bits per heavy atom. The van der Waals surface area contributed by atoms with Gasteiger partial charge >= 0.3 is 0 Å². The van der Waals surface area contributed by atoms with Gasteiger partial charge in [-0.15, -0.1) is 0 Å². The molecule has 0 aliphatic rings. The van der Waals surface area contributed by atoms with E-state index in [0.717, 1.165) is 28.2 Å². The lowest BCUT2D eigenvalue weighted by Crippen LogP contribution is -2.33. The molecule has 0 unspecified atom stereocenters. The first-order chi connectivity index (χ1) is 14.6. The minimum absolute atomic E-state index is 0.0791. The Morgan fingerprint density at radius 2 is 1.84 bits per heavy atom. The molecule has 0 saturated carbocycles. The van der Waals surface area contributed by atoms with Crippen LogP contribution in [0.15, 0.2) is 36.4 Å². The Bertz CT molecular complexity index is 1010. The highest BCUT2D eigenvalue weighted by atomic mass is 35.5. The van der Waals surface area contributed by atoms with Gasteiger partial charge in [-0.1, -0.05) is 41.4 Å². The minimum atomic E-state index is -3.43. The molecule has 0 aliphatic heterocycles. The molecule has 2 rings (SSSR count). The van der Waals surface area contributed by atoms with Crippen LogP contribution in [0, 0.1) is 13.8 Å². The number of amides is 1. The molecule has 0 aliphatic carbocycles. The number of carbonyl (C=O) groups is 1. The zero-order chi connectivity index (χ0) is 23.0. The van der Waals surface area contributed by atoms with E-state index in [1.807, 2.05) is 44.2 Å². The van der Waals surface area contributed by atoms with E-state index in [-0.39, 0.29) is 18.9 Å². The summed E-state index contributed by atoms with van der Waals surface area (Å²) in [5.41, 5.74) is 3.63. The van der Waals surface area contributed by atoms with Crippen molar-refractivity contribution in [2.45, 2.75) is 32.4 Å². The van der Waals surface area contributed by atoms with Gasteiger partial charge in [0.2, 0.25) is 15.9 Å². The molecule has 1 amide bonds. The highest BCUT2D eigenvalue weighted by Gasteiger charge is 2.19. The van der Waals surface area contributed by atoms with Crippen LogP contribution < -0.4 is 9.62 Å². The molecule has 0 saturated heterocycles. The fourth-order valence-corrected chi connectivity index (χ4v) is 5.15. The van der Waals surface area contributed by atoms with Gasteiger partial charge in [-0.05, 0) is 55.2 Å².